The molecule has 1 unspecified atom stereocenters. The van der Waals surface area contributed by atoms with E-state index in [0.29, 0.717) is 10.8 Å². The zero-order valence-corrected chi connectivity index (χ0v) is 12.4. The van der Waals surface area contributed by atoms with Crippen molar-refractivity contribution in [3.8, 4) is 0 Å². The zero-order chi connectivity index (χ0) is 14.4. The molecule has 0 fully saturated rings. The first-order chi connectivity index (χ1) is 9.70. The minimum Gasteiger partial charge on any atom is -0.465 e. The molecule has 0 radical (unpaired) electrons. The number of thiazole rings is 1. The summed E-state index contributed by atoms with van der Waals surface area (Å²) in [5.74, 6) is 0.150. The maximum absolute atomic E-state index is 11.3. The molecule has 0 aliphatic rings. The summed E-state index contributed by atoms with van der Waals surface area (Å²) in [6, 6.07) is 10.4. The molecule has 1 aromatic heterocycles. The zero-order valence-electron chi connectivity index (χ0n) is 11.6. The number of hydrogen-bond acceptors (Lipinski definition) is 5. The first-order valence-electron chi connectivity index (χ1n) is 6.53. The quantitative estimate of drug-likeness (QED) is 0.827. The van der Waals surface area contributed by atoms with E-state index < -0.39 is 0 Å². The average Bonchev–Trinajstić information content (AvgIpc) is 2.96. The molecule has 2 rings (SSSR count). The van der Waals surface area contributed by atoms with Gasteiger partial charge in [-0.2, -0.15) is 0 Å². The fourth-order valence-corrected chi connectivity index (χ4v) is 2.65. The van der Waals surface area contributed by atoms with Crippen LogP contribution in [0.5, 0.6) is 0 Å². The molecule has 1 N–H and O–H groups in total. The van der Waals surface area contributed by atoms with Crippen molar-refractivity contribution >= 4 is 22.4 Å². The number of carbonyl (C=O) groups excluding carboxylic acids is 1. The third kappa shape index (κ3) is 3.81. The van der Waals surface area contributed by atoms with Crippen molar-refractivity contribution in [1.82, 2.24) is 4.98 Å². The molecule has 0 saturated carbocycles. The number of methoxy groups -OCH3 is 1. The van der Waals surface area contributed by atoms with Gasteiger partial charge in [-0.25, -0.2) is 9.78 Å². The third-order valence-electron chi connectivity index (χ3n) is 3.11. The molecule has 0 saturated heterocycles. The van der Waals surface area contributed by atoms with Gasteiger partial charge in [0.15, 0.2) is 5.13 Å². The lowest BCUT2D eigenvalue weighted by Crippen LogP contribution is -2.05. The van der Waals surface area contributed by atoms with E-state index >= 15 is 0 Å². The maximum atomic E-state index is 11.3. The predicted octanol–water partition coefficient (Wildman–Crippen LogP) is 3.54. The SMILES string of the molecule is COC(=O)c1cnc(NCCC(C)c2ccccc2)s1. The van der Waals surface area contributed by atoms with E-state index in [-0.39, 0.29) is 5.97 Å². The number of nitrogens with zero attached hydrogens (tertiary/aromatic N) is 1. The molecule has 4 nitrogen and oxygen atoms in total. The Labute approximate surface area is 122 Å². The summed E-state index contributed by atoms with van der Waals surface area (Å²) in [5, 5.41) is 4.00. The number of esters is 1. The second-order valence-electron chi connectivity index (χ2n) is 4.55. The number of benzene rings is 1. The Hall–Kier alpha value is -1.88. The van der Waals surface area contributed by atoms with E-state index in [9.17, 15) is 4.79 Å². The fourth-order valence-electron chi connectivity index (χ4n) is 1.89. The molecule has 0 amide bonds. The van der Waals surface area contributed by atoms with Gasteiger partial charge in [-0.1, -0.05) is 48.6 Å². The molecule has 2 aromatic rings. The molecule has 1 heterocycles. The second-order valence-corrected chi connectivity index (χ2v) is 5.58. The minimum absolute atomic E-state index is 0.340. The number of hydrogen-bond donors (Lipinski definition) is 1. The number of rotatable bonds is 6. The summed E-state index contributed by atoms with van der Waals surface area (Å²) in [7, 11) is 1.37. The third-order valence-corrected chi connectivity index (χ3v) is 4.05. The van der Waals surface area contributed by atoms with E-state index in [1.54, 1.807) is 6.20 Å². The molecule has 106 valence electrons. The van der Waals surface area contributed by atoms with Gasteiger partial charge >= 0.3 is 5.97 Å². The van der Waals surface area contributed by atoms with Gasteiger partial charge in [-0.15, -0.1) is 0 Å². The molecule has 5 heteroatoms. The molecule has 0 aliphatic carbocycles. The summed E-state index contributed by atoms with van der Waals surface area (Å²) in [4.78, 5) is 16.0. The van der Waals surface area contributed by atoms with Crippen molar-refractivity contribution in [2.75, 3.05) is 19.0 Å². The number of anilines is 1. The first kappa shape index (κ1) is 14.5. The van der Waals surface area contributed by atoms with Crippen molar-refractivity contribution in [2.45, 2.75) is 19.3 Å². The van der Waals surface area contributed by atoms with Crippen LogP contribution in [0.2, 0.25) is 0 Å². The molecule has 1 atom stereocenters. The van der Waals surface area contributed by atoms with Gasteiger partial charge in [-0.3, -0.25) is 0 Å². The van der Waals surface area contributed by atoms with E-state index in [4.69, 9.17) is 0 Å². The first-order valence-corrected chi connectivity index (χ1v) is 7.35. The largest absolute Gasteiger partial charge is 0.465 e. The normalized spacial score (nSPS) is 11.9. The number of aromatic nitrogens is 1. The van der Waals surface area contributed by atoms with E-state index in [2.05, 4.69) is 46.2 Å². The molecule has 0 spiro atoms. The van der Waals surface area contributed by atoms with Crippen LogP contribution in [0.3, 0.4) is 0 Å². The second kappa shape index (κ2) is 7.05. The van der Waals surface area contributed by atoms with Crippen LogP contribution in [0, 0.1) is 0 Å². The van der Waals surface area contributed by atoms with Gasteiger partial charge in [0.1, 0.15) is 4.88 Å². The van der Waals surface area contributed by atoms with Crippen molar-refractivity contribution in [1.29, 1.82) is 0 Å². The van der Waals surface area contributed by atoms with Crippen molar-refractivity contribution < 1.29 is 9.53 Å². The van der Waals surface area contributed by atoms with Crippen LogP contribution in [0.25, 0.3) is 0 Å². The Morgan fingerprint density at radius 2 is 2.15 bits per heavy atom. The Morgan fingerprint density at radius 3 is 2.85 bits per heavy atom. The van der Waals surface area contributed by atoms with E-state index in [0.717, 1.165) is 18.1 Å². The summed E-state index contributed by atoms with van der Waals surface area (Å²) in [5.41, 5.74) is 1.34. The maximum Gasteiger partial charge on any atom is 0.349 e. The van der Waals surface area contributed by atoms with Crippen LogP contribution in [0.1, 0.15) is 34.5 Å². The van der Waals surface area contributed by atoms with E-state index in [1.165, 1.54) is 24.0 Å². The molecule has 20 heavy (non-hydrogen) atoms. The van der Waals surface area contributed by atoms with Gasteiger partial charge in [0.05, 0.1) is 13.3 Å². The Balaban J connectivity index is 1.81. The number of carbonyl (C=O) groups is 1. The van der Waals surface area contributed by atoms with Crippen LogP contribution < -0.4 is 5.32 Å². The van der Waals surface area contributed by atoms with Crippen molar-refractivity contribution in [3.05, 3.63) is 47.0 Å². The lowest BCUT2D eigenvalue weighted by atomic mass is 9.98. The summed E-state index contributed by atoms with van der Waals surface area (Å²) >= 11 is 1.32. The Bertz CT molecular complexity index is 554. The highest BCUT2D eigenvalue weighted by Gasteiger charge is 2.10. The molecule has 1 aromatic carbocycles. The van der Waals surface area contributed by atoms with Crippen molar-refractivity contribution in [3.63, 3.8) is 0 Å². The van der Waals surface area contributed by atoms with Crippen LogP contribution >= 0.6 is 11.3 Å². The van der Waals surface area contributed by atoms with Crippen LogP contribution in [-0.2, 0) is 4.74 Å². The van der Waals surface area contributed by atoms with Crippen LogP contribution in [-0.4, -0.2) is 24.6 Å². The van der Waals surface area contributed by atoms with Crippen LogP contribution in [0.15, 0.2) is 36.5 Å². The molecule has 0 aliphatic heterocycles. The highest BCUT2D eigenvalue weighted by molar-refractivity contribution is 7.17. The molecular weight excluding hydrogens is 272 g/mol. The van der Waals surface area contributed by atoms with Gasteiger partial charge in [0.2, 0.25) is 0 Å². The lowest BCUT2D eigenvalue weighted by molar-refractivity contribution is 0.0606. The Kier molecular flexibility index (Phi) is 5.12. The molecular formula is C15H18N2O2S. The summed E-state index contributed by atoms with van der Waals surface area (Å²) < 4.78 is 4.65. The Morgan fingerprint density at radius 1 is 1.40 bits per heavy atom. The van der Waals surface area contributed by atoms with Crippen LogP contribution in [0.4, 0.5) is 5.13 Å². The highest BCUT2D eigenvalue weighted by Crippen LogP contribution is 2.21. The lowest BCUT2D eigenvalue weighted by Gasteiger charge is -2.11. The average molecular weight is 290 g/mol. The predicted molar refractivity (Wildman–Crippen MR) is 81.4 cm³/mol. The standard InChI is InChI=1S/C15H18N2O2S/c1-11(12-6-4-3-5-7-12)8-9-16-15-17-10-13(20-15)14(18)19-2/h3-7,10-11H,8-9H2,1-2H3,(H,16,17). The topological polar surface area (TPSA) is 51.2 Å². The monoisotopic (exact) mass is 290 g/mol. The molecule has 0 bridgehead atoms. The van der Waals surface area contributed by atoms with Gasteiger partial charge in [0, 0.05) is 6.54 Å². The summed E-state index contributed by atoms with van der Waals surface area (Å²) in [6.07, 6.45) is 2.55. The number of ether oxygens (including phenoxy) is 1. The van der Waals surface area contributed by atoms with Gasteiger partial charge < -0.3 is 10.1 Å². The van der Waals surface area contributed by atoms with Crippen molar-refractivity contribution in [2.24, 2.45) is 0 Å². The number of nitrogens with one attached hydrogen (secondary N) is 1. The van der Waals surface area contributed by atoms with E-state index in [1.807, 2.05) is 6.07 Å². The summed E-state index contributed by atoms with van der Waals surface area (Å²) in [6.45, 7) is 3.03. The minimum atomic E-state index is -0.340. The smallest absolute Gasteiger partial charge is 0.349 e. The fraction of sp³-hybridized carbons (Fsp3) is 0.333. The van der Waals surface area contributed by atoms with Gasteiger partial charge in [-0.05, 0) is 17.9 Å². The highest BCUT2D eigenvalue weighted by atomic mass is 32.1. The van der Waals surface area contributed by atoms with Gasteiger partial charge in [0.25, 0.3) is 0 Å².